The maximum Gasteiger partial charge on any atom is 0.262 e. The third-order valence-electron chi connectivity index (χ3n) is 13.8. The first-order valence-electron chi connectivity index (χ1n) is 24.4. The van der Waals surface area contributed by atoms with E-state index in [2.05, 4.69) is 250 Å². The number of rotatable bonds is 17. The molecule has 6 aromatic rings. The number of hydrogen-bond acceptors (Lipinski definition) is 4. The number of hydrogen-bond donors (Lipinski definition) is 0. The van der Waals surface area contributed by atoms with Gasteiger partial charge < -0.3 is 18.0 Å². The Balaban J connectivity index is 1.39. The van der Waals surface area contributed by atoms with Crippen LogP contribution in [0.2, 0.25) is 10.1 Å². The molecule has 0 aliphatic heterocycles. The highest BCUT2D eigenvalue weighted by atomic mass is 35.5. The van der Waals surface area contributed by atoms with Gasteiger partial charge in [-0.25, -0.2) is 0 Å². The third kappa shape index (κ3) is 11.1. The summed E-state index contributed by atoms with van der Waals surface area (Å²) in [6.07, 6.45) is 1.74. The van der Waals surface area contributed by atoms with Gasteiger partial charge in [-0.15, -0.1) is 11.6 Å². The van der Waals surface area contributed by atoms with Gasteiger partial charge in [0.25, 0.3) is 16.6 Å². The largest absolute Gasteiger partial charge is 0.407 e. The Labute approximate surface area is 417 Å². The summed E-state index contributed by atoms with van der Waals surface area (Å²) >= 11 is 6.69. The summed E-state index contributed by atoms with van der Waals surface area (Å²) in [7, 11) is -8.40. The molecule has 0 saturated heterocycles. The van der Waals surface area contributed by atoms with E-state index >= 15 is 0 Å². The quantitative estimate of drug-likeness (QED) is 0.0674. The van der Waals surface area contributed by atoms with Crippen LogP contribution in [0.4, 0.5) is 0 Å². The lowest BCUT2D eigenvalue weighted by Gasteiger charge is -2.52. The van der Waals surface area contributed by atoms with Crippen LogP contribution in [-0.2, 0) is 18.0 Å². The van der Waals surface area contributed by atoms with E-state index in [1.165, 1.54) is 31.1 Å². The predicted molar refractivity (Wildman–Crippen MR) is 296 cm³/mol. The summed E-state index contributed by atoms with van der Waals surface area (Å²) in [5.41, 5.74) is 1.77. The van der Waals surface area contributed by atoms with Gasteiger partial charge in [0.15, 0.2) is 0 Å². The number of benzene rings is 6. The first-order valence-corrected chi connectivity index (χ1v) is 30.4. The molecule has 7 rings (SSSR count). The lowest BCUT2D eigenvalue weighted by atomic mass is 9.83. The van der Waals surface area contributed by atoms with E-state index < -0.39 is 44.0 Å². The van der Waals surface area contributed by atoms with Crippen molar-refractivity contribution in [2.24, 2.45) is 5.41 Å². The smallest absolute Gasteiger partial charge is 0.262 e. The lowest BCUT2D eigenvalue weighted by molar-refractivity contribution is -0.0925. The summed E-state index contributed by atoms with van der Waals surface area (Å²) in [6, 6.07) is 65.1. The van der Waals surface area contributed by atoms with Crippen LogP contribution in [0.1, 0.15) is 75.2 Å². The van der Waals surface area contributed by atoms with Gasteiger partial charge in [-0.05, 0) is 64.2 Å². The fourth-order valence-electron chi connectivity index (χ4n) is 10.4. The topological polar surface area (TPSA) is 36.9 Å². The molecule has 1 saturated carbocycles. The fraction of sp³-hybridized carbons (Fsp3) is 0.333. The van der Waals surface area contributed by atoms with Crippen molar-refractivity contribution in [3.63, 3.8) is 0 Å². The van der Waals surface area contributed by atoms with Crippen LogP contribution in [-0.4, -0.2) is 62.6 Å². The van der Waals surface area contributed by atoms with Crippen molar-refractivity contribution in [3.8, 4) is 0 Å². The highest BCUT2D eigenvalue weighted by molar-refractivity contribution is 7.00. The Morgan fingerprint density at radius 3 is 1.29 bits per heavy atom. The maximum atomic E-state index is 8.21. The van der Waals surface area contributed by atoms with Gasteiger partial charge in [-0.1, -0.05) is 257 Å². The number of halogens is 1. The Morgan fingerprint density at radius 1 is 0.574 bits per heavy atom. The zero-order chi connectivity index (χ0) is 48.6. The highest BCUT2D eigenvalue weighted by Gasteiger charge is 2.57. The first kappa shape index (κ1) is 51.4. The van der Waals surface area contributed by atoms with Gasteiger partial charge in [0.1, 0.15) is 6.10 Å². The van der Waals surface area contributed by atoms with Gasteiger partial charge in [0.05, 0.1) is 18.3 Å². The van der Waals surface area contributed by atoms with Crippen molar-refractivity contribution >= 4 is 68.4 Å². The highest BCUT2D eigenvalue weighted by Crippen LogP contribution is 2.45. The zero-order valence-corrected chi connectivity index (χ0v) is 45.7. The molecule has 4 atom stereocenters. The maximum absolute atomic E-state index is 8.21. The van der Waals surface area contributed by atoms with Gasteiger partial charge in [0, 0.05) is 18.9 Å². The zero-order valence-electron chi connectivity index (χ0n) is 41.8. The molecule has 1 aliphatic carbocycles. The average Bonchev–Trinajstić information content (AvgIpc) is 3.33. The van der Waals surface area contributed by atoms with Gasteiger partial charge in [-0.3, -0.25) is 0 Å². The normalized spacial score (nSPS) is 18.5. The van der Waals surface area contributed by atoms with Crippen molar-refractivity contribution in [1.29, 1.82) is 0 Å². The predicted octanol–water partition coefficient (Wildman–Crippen LogP) is 10.7. The monoisotopic (exact) mass is 976 g/mol. The number of alkyl halides is 1. The number of allylic oxidation sites excluding steroid dienone is 1. The van der Waals surface area contributed by atoms with Crippen LogP contribution < -0.4 is 31.1 Å². The number of ether oxygens (including phenoxy) is 1. The minimum Gasteiger partial charge on any atom is -0.407 e. The third-order valence-corrected chi connectivity index (χ3v) is 26.6. The molecule has 4 unspecified atom stereocenters. The minimum absolute atomic E-state index is 0.106. The molecule has 4 nitrogen and oxygen atoms in total. The minimum atomic E-state index is -3.18. The summed E-state index contributed by atoms with van der Waals surface area (Å²) in [4.78, 5) is 0. The summed E-state index contributed by atoms with van der Waals surface area (Å²) in [5, 5.41) is 6.76. The lowest BCUT2D eigenvalue weighted by Crippen LogP contribution is -2.71. The van der Waals surface area contributed by atoms with E-state index in [0.29, 0.717) is 25.3 Å². The molecule has 0 aromatic heterocycles. The van der Waals surface area contributed by atoms with Crippen molar-refractivity contribution in [2.45, 2.75) is 110 Å². The van der Waals surface area contributed by atoms with Crippen LogP contribution in [0.3, 0.4) is 0 Å². The van der Waals surface area contributed by atoms with Crippen molar-refractivity contribution < 1.29 is 18.0 Å². The SMILES string of the molecule is C=C1C(=CCCl)CC(O[Si](c2ccccc2)(c2ccccc2)C(C)(C)C)C(OCCC(O[SiH](c2ccccc2)c2ccccc2)C(C)(C)C)C1O[Si](c1ccccc1)(c1ccccc1)C(C)(C)C. The Hall–Kier alpha value is -4.42. The van der Waals surface area contributed by atoms with Crippen LogP contribution in [0.5, 0.6) is 0 Å². The fourth-order valence-corrected chi connectivity index (χ4v) is 22.6. The van der Waals surface area contributed by atoms with Crippen LogP contribution >= 0.6 is 11.6 Å². The molecule has 0 N–H and O–H groups in total. The second-order valence-electron chi connectivity index (χ2n) is 21.5. The van der Waals surface area contributed by atoms with Crippen LogP contribution in [0.15, 0.2) is 206 Å². The molecule has 0 amide bonds. The Morgan fingerprint density at radius 2 is 0.941 bits per heavy atom. The summed E-state index contributed by atoms with van der Waals surface area (Å²) < 4.78 is 31.4. The van der Waals surface area contributed by atoms with E-state index in [4.69, 9.17) is 36.2 Å². The van der Waals surface area contributed by atoms with E-state index in [9.17, 15) is 0 Å². The van der Waals surface area contributed by atoms with Crippen molar-refractivity contribution in [2.75, 3.05) is 12.5 Å². The molecule has 1 fully saturated rings. The molecule has 6 aromatic carbocycles. The van der Waals surface area contributed by atoms with Crippen LogP contribution in [0.25, 0.3) is 0 Å². The van der Waals surface area contributed by atoms with Crippen LogP contribution in [0, 0.1) is 5.41 Å². The van der Waals surface area contributed by atoms with Gasteiger partial charge in [0.2, 0.25) is 9.04 Å². The Kier molecular flexibility index (Phi) is 16.7. The molecule has 0 bridgehead atoms. The molecular formula is C60H73ClO4Si3. The average molecular weight is 978 g/mol. The molecule has 68 heavy (non-hydrogen) atoms. The van der Waals surface area contributed by atoms with Crippen molar-refractivity contribution in [1.82, 2.24) is 0 Å². The standard InChI is InChI=1S/C60H73ClO4Si3/c1-46-47(41-43-61)45-54(64-67(59(5,6)7,50-33-21-13-22-34-50)51-35-23-14-24-36-51)57(56(46)65-68(60(8,9)10,52-37-25-15-26-38-52)53-39-27-16-28-40-53)62-44-42-55(58(2,3)4)63-66(48-29-17-11-18-30-48)49-31-19-12-20-32-49/h11-41,54-57,66H,1,42-45H2,2-10H3. The molecule has 0 spiro atoms. The molecule has 0 heterocycles. The van der Waals surface area contributed by atoms with Gasteiger partial charge >= 0.3 is 0 Å². The van der Waals surface area contributed by atoms with E-state index in [1.807, 2.05) is 0 Å². The Bertz CT molecular complexity index is 2400. The first-order chi connectivity index (χ1) is 32.5. The van der Waals surface area contributed by atoms with E-state index in [0.717, 1.165) is 11.1 Å². The molecule has 0 radical (unpaired) electrons. The van der Waals surface area contributed by atoms with Gasteiger partial charge in [-0.2, -0.15) is 0 Å². The summed E-state index contributed by atoms with van der Waals surface area (Å²) in [5.74, 6) is 0.343. The molecular weight excluding hydrogens is 904 g/mol. The van der Waals surface area contributed by atoms with E-state index in [-0.39, 0.29) is 21.6 Å². The second-order valence-corrected chi connectivity index (χ2v) is 32.6. The molecule has 356 valence electrons. The van der Waals surface area contributed by atoms with E-state index in [1.54, 1.807) is 0 Å². The van der Waals surface area contributed by atoms with Crippen molar-refractivity contribution in [3.05, 3.63) is 206 Å². The summed E-state index contributed by atoms with van der Waals surface area (Å²) in [6.45, 7) is 26.2. The molecule has 1 aliphatic rings. The second kappa shape index (κ2) is 22.1. The molecule has 8 heteroatoms.